The summed E-state index contributed by atoms with van der Waals surface area (Å²) in [7, 11) is -3.62. The minimum atomic E-state index is -3.62. The van der Waals surface area contributed by atoms with Crippen LogP contribution in [-0.4, -0.2) is 54.5 Å². The first kappa shape index (κ1) is 14.8. The fraction of sp³-hybridized carbons (Fsp3) is 0.727. The fourth-order valence-corrected chi connectivity index (χ4v) is 5.44. The molecule has 21 heavy (non-hydrogen) atoms. The molecule has 0 unspecified atom stereocenters. The number of sulfonamides is 1. The maximum absolute atomic E-state index is 12.6. The number of nitrogens with one attached hydrogen (secondary N) is 2. The van der Waals surface area contributed by atoms with Crippen molar-refractivity contribution in [2.45, 2.75) is 30.1 Å². The molecule has 3 heterocycles. The maximum Gasteiger partial charge on any atom is 0.272 e. The lowest BCUT2D eigenvalue weighted by Crippen LogP contribution is -2.41. The third-order valence-corrected chi connectivity index (χ3v) is 6.83. The molecule has 0 aliphatic carbocycles. The zero-order valence-corrected chi connectivity index (χ0v) is 13.2. The summed E-state index contributed by atoms with van der Waals surface area (Å²) in [5.41, 5.74) is 0. The Labute approximate surface area is 127 Å². The van der Waals surface area contributed by atoms with Gasteiger partial charge in [-0.25, -0.2) is 8.42 Å². The molecule has 2 aliphatic heterocycles. The lowest BCUT2D eigenvalue weighted by atomic mass is 9.94. The first-order chi connectivity index (χ1) is 9.96. The van der Waals surface area contributed by atoms with Crippen molar-refractivity contribution in [3.05, 3.63) is 0 Å². The number of carbonyl (C=O) groups excluding carboxylic acids is 1. The quantitative estimate of drug-likeness (QED) is 0.748. The van der Waals surface area contributed by atoms with Crippen molar-refractivity contribution in [3.8, 4) is 0 Å². The van der Waals surface area contributed by atoms with Crippen molar-refractivity contribution >= 4 is 32.4 Å². The Hall–Kier alpha value is -1.10. The SMILES string of the molecule is CC(=O)Nc1nnc(S(=O)(=O)N2C[C@@H]3CCCN[C@@H]3C2)s1. The van der Waals surface area contributed by atoms with E-state index in [-0.39, 0.29) is 21.4 Å². The van der Waals surface area contributed by atoms with Crippen LogP contribution in [0.4, 0.5) is 5.13 Å². The number of carbonyl (C=O) groups is 1. The number of nitrogens with zero attached hydrogens (tertiary/aromatic N) is 3. The van der Waals surface area contributed by atoms with Crippen molar-refractivity contribution in [3.63, 3.8) is 0 Å². The van der Waals surface area contributed by atoms with E-state index < -0.39 is 10.0 Å². The van der Waals surface area contributed by atoms with Gasteiger partial charge in [-0.15, -0.1) is 10.2 Å². The van der Waals surface area contributed by atoms with E-state index in [4.69, 9.17) is 0 Å². The van der Waals surface area contributed by atoms with Crippen LogP contribution in [-0.2, 0) is 14.8 Å². The second-order valence-electron chi connectivity index (χ2n) is 5.34. The monoisotopic (exact) mass is 331 g/mol. The van der Waals surface area contributed by atoms with Gasteiger partial charge in [0.1, 0.15) is 0 Å². The van der Waals surface area contributed by atoms with E-state index in [1.54, 1.807) is 0 Å². The molecule has 1 aromatic rings. The van der Waals surface area contributed by atoms with E-state index in [1.165, 1.54) is 11.2 Å². The Morgan fingerprint density at radius 3 is 2.95 bits per heavy atom. The van der Waals surface area contributed by atoms with Gasteiger partial charge in [0.05, 0.1) is 0 Å². The molecule has 0 aromatic carbocycles. The highest BCUT2D eigenvalue weighted by atomic mass is 32.2. The summed E-state index contributed by atoms with van der Waals surface area (Å²) in [5, 5.41) is 13.4. The first-order valence-electron chi connectivity index (χ1n) is 6.81. The van der Waals surface area contributed by atoms with Crippen molar-refractivity contribution in [1.82, 2.24) is 19.8 Å². The normalized spacial score (nSPS) is 26.5. The zero-order valence-electron chi connectivity index (χ0n) is 11.6. The van der Waals surface area contributed by atoms with Crippen LogP contribution in [0.25, 0.3) is 0 Å². The minimum Gasteiger partial charge on any atom is -0.312 e. The number of hydrogen-bond donors (Lipinski definition) is 2. The second-order valence-corrected chi connectivity index (χ2v) is 8.43. The summed E-state index contributed by atoms with van der Waals surface area (Å²) in [6.07, 6.45) is 2.14. The van der Waals surface area contributed by atoms with Crippen molar-refractivity contribution < 1.29 is 13.2 Å². The number of anilines is 1. The Balaban J connectivity index is 1.77. The van der Waals surface area contributed by atoms with Gasteiger partial charge in [0.25, 0.3) is 10.0 Å². The molecule has 1 amide bonds. The van der Waals surface area contributed by atoms with Crippen LogP contribution in [0.15, 0.2) is 4.34 Å². The smallest absolute Gasteiger partial charge is 0.272 e. The van der Waals surface area contributed by atoms with Gasteiger partial charge in [-0.3, -0.25) is 4.79 Å². The predicted molar refractivity (Wildman–Crippen MR) is 77.5 cm³/mol. The molecular weight excluding hydrogens is 314 g/mol. The molecule has 2 fully saturated rings. The van der Waals surface area contributed by atoms with Gasteiger partial charge in [-0.2, -0.15) is 4.31 Å². The summed E-state index contributed by atoms with van der Waals surface area (Å²) in [6, 6.07) is 0.233. The Kier molecular flexibility index (Phi) is 3.95. The number of amides is 1. The third kappa shape index (κ3) is 2.93. The van der Waals surface area contributed by atoms with Crippen LogP contribution < -0.4 is 10.6 Å². The topological polar surface area (TPSA) is 104 Å². The number of aromatic nitrogens is 2. The molecule has 0 saturated carbocycles. The van der Waals surface area contributed by atoms with E-state index in [0.717, 1.165) is 30.7 Å². The van der Waals surface area contributed by atoms with E-state index in [9.17, 15) is 13.2 Å². The van der Waals surface area contributed by atoms with Gasteiger partial charge in [-0.05, 0) is 25.3 Å². The molecule has 2 aliphatic rings. The van der Waals surface area contributed by atoms with Crippen molar-refractivity contribution in [2.75, 3.05) is 25.0 Å². The van der Waals surface area contributed by atoms with Gasteiger partial charge in [0.15, 0.2) is 0 Å². The summed E-state index contributed by atoms with van der Waals surface area (Å²) < 4.78 is 26.5. The van der Waals surface area contributed by atoms with Gasteiger partial charge in [-0.1, -0.05) is 11.3 Å². The molecule has 116 valence electrons. The molecule has 10 heteroatoms. The van der Waals surface area contributed by atoms with Crippen molar-refractivity contribution in [1.29, 1.82) is 0 Å². The van der Waals surface area contributed by atoms with Crippen LogP contribution >= 0.6 is 11.3 Å². The van der Waals surface area contributed by atoms with Gasteiger partial charge in [0, 0.05) is 26.1 Å². The largest absolute Gasteiger partial charge is 0.312 e. The average Bonchev–Trinajstić information content (AvgIpc) is 3.04. The lowest BCUT2D eigenvalue weighted by Gasteiger charge is -2.24. The van der Waals surface area contributed by atoms with Crippen LogP contribution in [0.3, 0.4) is 0 Å². The average molecular weight is 331 g/mol. The van der Waals surface area contributed by atoms with Crippen molar-refractivity contribution in [2.24, 2.45) is 5.92 Å². The van der Waals surface area contributed by atoms with E-state index >= 15 is 0 Å². The van der Waals surface area contributed by atoms with E-state index in [2.05, 4.69) is 20.8 Å². The predicted octanol–water partition coefficient (Wildman–Crippen LogP) is -0.131. The van der Waals surface area contributed by atoms with Gasteiger partial charge >= 0.3 is 0 Å². The number of hydrogen-bond acceptors (Lipinski definition) is 7. The van der Waals surface area contributed by atoms with Gasteiger partial charge in [0.2, 0.25) is 15.4 Å². The Morgan fingerprint density at radius 1 is 1.43 bits per heavy atom. The molecule has 2 saturated heterocycles. The molecule has 2 N–H and O–H groups in total. The van der Waals surface area contributed by atoms with E-state index in [1.807, 2.05) is 0 Å². The lowest BCUT2D eigenvalue weighted by molar-refractivity contribution is -0.114. The van der Waals surface area contributed by atoms with E-state index in [0.29, 0.717) is 19.0 Å². The summed E-state index contributed by atoms with van der Waals surface area (Å²) in [4.78, 5) is 11.0. The third-order valence-electron chi connectivity index (χ3n) is 3.82. The second kappa shape index (κ2) is 5.59. The highest BCUT2D eigenvalue weighted by molar-refractivity contribution is 7.91. The molecule has 0 spiro atoms. The zero-order chi connectivity index (χ0) is 15.0. The first-order valence-corrected chi connectivity index (χ1v) is 9.07. The molecule has 2 atom stereocenters. The number of rotatable bonds is 3. The summed E-state index contributed by atoms with van der Waals surface area (Å²) in [5.74, 6) is 0.0720. The molecule has 8 nitrogen and oxygen atoms in total. The van der Waals surface area contributed by atoms with Crippen LogP contribution in [0.1, 0.15) is 19.8 Å². The van der Waals surface area contributed by atoms with Crippen LogP contribution in [0.5, 0.6) is 0 Å². The molecule has 0 bridgehead atoms. The molecule has 1 aromatic heterocycles. The van der Waals surface area contributed by atoms with Gasteiger partial charge < -0.3 is 10.6 Å². The standard InChI is InChI=1S/C11H17N5O3S2/c1-7(17)13-10-14-15-11(20-10)21(18,19)16-5-8-3-2-4-12-9(8)6-16/h8-9,12H,2-6H2,1H3,(H,13,14,17)/t8-,9+/m0/s1. The highest BCUT2D eigenvalue weighted by Crippen LogP contribution is 2.31. The summed E-state index contributed by atoms with van der Waals surface area (Å²) >= 11 is 0.884. The maximum atomic E-state index is 12.6. The summed E-state index contributed by atoms with van der Waals surface area (Å²) in [6.45, 7) is 3.28. The highest BCUT2D eigenvalue weighted by Gasteiger charge is 2.41. The Morgan fingerprint density at radius 2 is 2.24 bits per heavy atom. The minimum absolute atomic E-state index is 0.0649. The number of piperidine rings is 1. The molecule has 0 radical (unpaired) electrons. The molecule has 3 rings (SSSR count). The van der Waals surface area contributed by atoms with Crippen LogP contribution in [0, 0.1) is 5.92 Å². The van der Waals surface area contributed by atoms with Crippen LogP contribution in [0.2, 0.25) is 0 Å². The number of fused-ring (bicyclic) bond motifs is 1. The fourth-order valence-electron chi connectivity index (χ4n) is 2.83. The Bertz CT molecular complexity index is 630. The molecular formula is C11H17N5O3S2.